The van der Waals surface area contributed by atoms with E-state index in [0.717, 1.165) is 28.2 Å². The van der Waals surface area contributed by atoms with Crippen LogP contribution in [0, 0.1) is 26.7 Å². The van der Waals surface area contributed by atoms with Crippen molar-refractivity contribution in [2.75, 3.05) is 6.54 Å². The number of nitrogens with zero attached hydrogens (tertiary/aromatic N) is 5. The highest BCUT2D eigenvalue weighted by Crippen LogP contribution is 2.32. The number of benzene rings is 3. The Kier molecular flexibility index (Phi) is 8.06. The van der Waals surface area contributed by atoms with Gasteiger partial charge < -0.3 is 4.57 Å². The minimum Gasteiger partial charge on any atom is -0.320 e. The highest BCUT2D eigenvalue weighted by atomic mass is 16.2. The largest absolute Gasteiger partial charge is 0.320 e. The number of aromatic nitrogens is 4. The third-order valence-corrected chi connectivity index (χ3v) is 8.61. The van der Waals surface area contributed by atoms with E-state index in [0.29, 0.717) is 41.2 Å². The van der Waals surface area contributed by atoms with E-state index in [4.69, 9.17) is 9.97 Å². The van der Waals surface area contributed by atoms with E-state index in [2.05, 4.69) is 30.5 Å². The molecule has 1 atom stereocenters. The molecule has 0 spiro atoms. The molecule has 0 N–H and O–H groups in total. The van der Waals surface area contributed by atoms with Gasteiger partial charge in [0.15, 0.2) is 0 Å². The number of hydrogen-bond donors (Lipinski definition) is 0. The molecule has 2 amide bonds. The van der Waals surface area contributed by atoms with Crippen LogP contribution in [0.2, 0.25) is 0 Å². The zero-order valence-electron chi connectivity index (χ0n) is 26.3. The van der Waals surface area contributed by atoms with Gasteiger partial charge >= 0.3 is 0 Å². The van der Waals surface area contributed by atoms with Crippen molar-refractivity contribution in [3.05, 3.63) is 140 Å². The van der Waals surface area contributed by atoms with E-state index in [9.17, 15) is 14.4 Å². The van der Waals surface area contributed by atoms with Crippen molar-refractivity contribution in [1.82, 2.24) is 24.0 Å². The van der Waals surface area contributed by atoms with Crippen molar-refractivity contribution < 1.29 is 9.59 Å². The molecule has 5 aromatic rings. The van der Waals surface area contributed by atoms with E-state index in [1.807, 2.05) is 69.4 Å². The molecule has 8 nitrogen and oxygen atoms in total. The van der Waals surface area contributed by atoms with Gasteiger partial charge in [-0.1, -0.05) is 86.1 Å². The second-order valence-electron chi connectivity index (χ2n) is 12.1. The molecule has 0 aliphatic carbocycles. The molecule has 0 fully saturated rings. The number of hydrogen-bond acceptors (Lipinski definition) is 5. The molecule has 0 saturated heterocycles. The first-order valence-electron chi connectivity index (χ1n) is 15.4. The van der Waals surface area contributed by atoms with E-state index >= 15 is 0 Å². The lowest BCUT2D eigenvalue weighted by Crippen LogP contribution is -2.33. The van der Waals surface area contributed by atoms with E-state index in [-0.39, 0.29) is 35.9 Å². The Bertz CT molecular complexity index is 1920. The van der Waals surface area contributed by atoms with Gasteiger partial charge in [-0.15, -0.1) is 0 Å². The SMILES string of the molecule is Cc1ccc(-c2nc(CCN3C(=O)c4ccccc4C3=O)cn2C(c2nc(C)c(C)c(=O)n2Cc2ccccc2)C(C)C)cc1. The predicted molar refractivity (Wildman–Crippen MR) is 174 cm³/mol. The normalized spacial score (nSPS) is 13.5. The highest BCUT2D eigenvalue weighted by molar-refractivity contribution is 6.21. The average Bonchev–Trinajstić information content (AvgIpc) is 3.55. The maximum atomic E-state index is 13.8. The van der Waals surface area contributed by atoms with Crippen molar-refractivity contribution in [3.8, 4) is 11.4 Å². The van der Waals surface area contributed by atoms with E-state index in [1.54, 1.807) is 28.8 Å². The summed E-state index contributed by atoms with van der Waals surface area (Å²) in [5.74, 6) is 0.893. The zero-order chi connectivity index (χ0) is 31.8. The van der Waals surface area contributed by atoms with Gasteiger partial charge in [0.05, 0.1) is 29.4 Å². The zero-order valence-corrected chi connectivity index (χ0v) is 26.3. The van der Waals surface area contributed by atoms with Crippen molar-refractivity contribution in [3.63, 3.8) is 0 Å². The Morgan fingerprint density at radius 1 is 0.756 bits per heavy atom. The molecule has 1 aliphatic rings. The van der Waals surface area contributed by atoms with Crippen molar-refractivity contribution in [2.45, 2.75) is 53.6 Å². The molecule has 6 rings (SSSR count). The van der Waals surface area contributed by atoms with Crippen LogP contribution < -0.4 is 5.56 Å². The highest BCUT2D eigenvalue weighted by Gasteiger charge is 2.35. The number of imide groups is 1. The Labute approximate surface area is 263 Å². The second kappa shape index (κ2) is 12.1. The molecule has 3 heterocycles. The Morgan fingerprint density at radius 3 is 2.00 bits per heavy atom. The average molecular weight is 600 g/mol. The number of carbonyl (C=O) groups is 2. The van der Waals surface area contributed by atoms with Crippen LogP contribution in [0.25, 0.3) is 11.4 Å². The van der Waals surface area contributed by atoms with Crippen LogP contribution in [0.5, 0.6) is 0 Å². The van der Waals surface area contributed by atoms with Crippen LogP contribution in [0.15, 0.2) is 89.9 Å². The van der Waals surface area contributed by atoms with Gasteiger partial charge in [-0.3, -0.25) is 23.9 Å². The summed E-state index contributed by atoms with van der Waals surface area (Å²) in [5.41, 5.74) is 5.96. The summed E-state index contributed by atoms with van der Waals surface area (Å²) >= 11 is 0. The summed E-state index contributed by atoms with van der Waals surface area (Å²) in [5, 5.41) is 0. The summed E-state index contributed by atoms with van der Waals surface area (Å²) in [6.45, 7) is 10.6. The summed E-state index contributed by atoms with van der Waals surface area (Å²) in [4.78, 5) is 51.3. The number of rotatable bonds is 9. The van der Waals surface area contributed by atoms with E-state index < -0.39 is 0 Å². The lowest BCUT2D eigenvalue weighted by molar-refractivity contribution is 0.0656. The molecule has 228 valence electrons. The molecule has 0 bridgehead atoms. The fourth-order valence-electron chi connectivity index (χ4n) is 6.03. The molecule has 3 aromatic carbocycles. The summed E-state index contributed by atoms with van der Waals surface area (Å²) < 4.78 is 3.91. The number of fused-ring (bicyclic) bond motifs is 1. The molecule has 2 aromatic heterocycles. The van der Waals surface area contributed by atoms with Gasteiger partial charge in [-0.2, -0.15) is 0 Å². The quantitative estimate of drug-likeness (QED) is 0.189. The monoisotopic (exact) mass is 599 g/mol. The van der Waals surface area contributed by atoms with Gasteiger partial charge in [-0.25, -0.2) is 9.97 Å². The fourth-order valence-corrected chi connectivity index (χ4v) is 6.03. The molecule has 1 aliphatic heterocycles. The lowest BCUT2D eigenvalue weighted by Gasteiger charge is -2.27. The third kappa shape index (κ3) is 5.64. The van der Waals surface area contributed by atoms with Crippen molar-refractivity contribution in [1.29, 1.82) is 0 Å². The topological polar surface area (TPSA) is 90.1 Å². The minimum atomic E-state index is -0.322. The van der Waals surface area contributed by atoms with Gasteiger partial charge in [-0.05, 0) is 44.4 Å². The molecule has 1 unspecified atom stereocenters. The fraction of sp³-hybridized carbons (Fsp3) is 0.270. The molecule has 0 radical (unpaired) electrons. The molecule has 0 saturated carbocycles. The summed E-state index contributed by atoms with van der Waals surface area (Å²) in [6.07, 6.45) is 2.38. The number of aryl methyl sites for hydroxylation is 2. The number of imidazole rings is 1. The van der Waals surface area contributed by atoms with Crippen LogP contribution in [-0.4, -0.2) is 42.4 Å². The summed E-state index contributed by atoms with van der Waals surface area (Å²) in [7, 11) is 0. The molecule has 8 heteroatoms. The molecular formula is C37H37N5O3. The van der Waals surface area contributed by atoms with E-state index in [1.165, 1.54) is 4.90 Å². The third-order valence-electron chi connectivity index (χ3n) is 8.61. The van der Waals surface area contributed by atoms with Crippen LogP contribution >= 0.6 is 0 Å². The first-order valence-corrected chi connectivity index (χ1v) is 15.4. The first kappa shape index (κ1) is 29.9. The lowest BCUT2D eigenvalue weighted by atomic mass is 10.0. The van der Waals surface area contributed by atoms with Crippen LogP contribution in [-0.2, 0) is 13.0 Å². The minimum absolute atomic E-state index is 0.0449. The molecular weight excluding hydrogens is 562 g/mol. The Balaban J connectivity index is 1.44. The van der Waals surface area contributed by atoms with Gasteiger partial charge in [0.1, 0.15) is 11.6 Å². The van der Waals surface area contributed by atoms with Crippen LogP contribution in [0.4, 0.5) is 0 Å². The Morgan fingerprint density at radius 2 is 1.38 bits per heavy atom. The second-order valence-corrected chi connectivity index (χ2v) is 12.1. The van der Waals surface area contributed by atoms with Crippen molar-refractivity contribution >= 4 is 11.8 Å². The Hall–Kier alpha value is -5.11. The maximum Gasteiger partial charge on any atom is 0.261 e. The van der Waals surface area contributed by atoms with Crippen LogP contribution in [0.3, 0.4) is 0 Å². The molecule has 45 heavy (non-hydrogen) atoms. The van der Waals surface area contributed by atoms with Gasteiger partial charge in [0, 0.05) is 36.0 Å². The first-order chi connectivity index (χ1) is 21.6. The van der Waals surface area contributed by atoms with Gasteiger partial charge in [0.25, 0.3) is 17.4 Å². The predicted octanol–water partition coefficient (Wildman–Crippen LogP) is 6.16. The van der Waals surface area contributed by atoms with Gasteiger partial charge in [0.2, 0.25) is 0 Å². The smallest absolute Gasteiger partial charge is 0.261 e. The number of amides is 2. The maximum absolute atomic E-state index is 13.8. The summed E-state index contributed by atoms with van der Waals surface area (Å²) in [6, 6.07) is 24.7. The van der Waals surface area contributed by atoms with Crippen molar-refractivity contribution in [2.24, 2.45) is 5.92 Å². The number of carbonyl (C=O) groups excluding carboxylic acids is 2. The van der Waals surface area contributed by atoms with Crippen LogP contribution in [0.1, 0.15) is 74.5 Å². The standard InChI is InChI=1S/C37H37N5O3/c1-23(2)32(34-38-26(5)25(4)35(43)42(34)21-27-11-7-6-8-12-27)41-22-29(39-33(41)28-17-15-24(3)16-18-28)19-20-40-36(44)30-13-9-10-14-31(30)37(40)45/h6-18,22-23,32H,19-21H2,1-5H3.